The van der Waals surface area contributed by atoms with Crippen molar-refractivity contribution in [1.29, 1.82) is 0 Å². The summed E-state index contributed by atoms with van der Waals surface area (Å²) in [5.74, 6) is -0.0307. The summed E-state index contributed by atoms with van der Waals surface area (Å²) in [6.07, 6.45) is 0.520. The molecule has 0 bridgehead atoms. The quantitative estimate of drug-likeness (QED) is 0.696. The lowest BCUT2D eigenvalue weighted by atomic mass is 9.98. The van der Waals surface area contributed by atoms with Gasteiger partial charge in [-0.05, 0) is 35.9 Å². The van der Waals surface area contributed by atoms with E-state index in [0.717, 1.165) is 16.8 Å². The van der Waals surface area contributed by atoms with Crippen LogP contribution in [0.3, 0.4) is 0 Å². The van der Waals surface area contributed by atoms with Gasteiger partial charge in [0, 0.05) is 22.6 Å². The van der Waals surface area contributed by atoms with Gasteiger partial charge in [0.05, 0.1) is 11.8 Å². The normalized spacial score (nSPS) is 16.3. The van der Waals surface area contributed by atoms with Crippen LogP contribution in [0.1, 0.15) is 33.9 Å². The molecule has 3 aromatic carbocycles. The molecule has 1 unspecified atom stereocenters. The molecule has 0 saturated heterocycles. The van der Waals surface area contributed by atoms with E-state index in [1.54, 1.807) is 30.3 Å². The van der Waals surface area contributed by atoms with Crippen LogP contribution in [0.15, 0.2) is 84.0 Å². The first-order chi connectivity index (χ1) is 13.1. The molecule has 1 atom stereocenters. The molecule has 3 aromatic rings. The third-order valence-corrected chi connectivity index (χ3v) is 4.91. The summed E-state index contributed by atoms with van der Waals surface area (Å²) in [4.78, 5) is 13.1. The molecular weight excluding hydrogens is 360 g/mol. The van der Waals surface area contributed by atoms with E-state index in [-0.39, 0.29) is 17.7 Å². The molecule has 134 valence electrons. The average Bonchev–Trinajstić information content (AvgIpc) is 3.13. The van der Waals surface area contributed by atoms with Crippen molar-refractivity contribution in [2.45, 2.75) is 12.5 Å². The number of carbonyl (C=O) groups excluding carboxylic acids is 1. The maximum Gasteiger partial charge on any atom is 0.274 e. The predicted octanol–water partition coefficient (Wildman–Crippen LogP) is 5.04. The number of phenols is 1. The van der Waals surface area contributed by atoms with Crippen LogP contribution in [-0.4, -0.2) is 21.7 Å². The van der Waals surface area contributed by atoms with E-state index in [4.69, 9.17) is 11.6 Å². The van der Waals surface area contributed by atoms with Crippen LogP contribution in [-0.2, 0) is 0 Å². The van der Waals surface area contributed by atoms with Crippen LogP contribution >= 0.6 is 11.6 Å². The molecule has 0 saturated carbocycles. The topological polar surface area (TPSA) is 52.9 Å². The van der Waals surface area contributed by atoms with Crippen LogP contribution in [0.2, 0.25) is 5.02 Å². The van der Waals surface area contributed by atoms with Crippen LogP contribution in [0.5, 0.6) is 5.75 Å². The van der Waals surface area contributed by atoms with Crippen molar-refractivity contribution < 1.29 is 9.90 Å². The molecule has 27 heavy (non-hydrogen) atoms. The number of carbonyl (C=O) groups is 1. The molecule has 4 rings (SSSR count). The lowest BCUT2D eigenvalue weighted by molar-refractivity contribution is 0.0711. The number of hydrogen-bond acceptors (Lipinski definition) is 3. The van der Waals surface area contributed by atoms with Crippen molar-refractivity contribution in [3.8, 4) is 5.75 Å². The van der Waals surface area contributed by atoms with E-state index in [2.05, 4.69) is 5.10 Å². The zero-order chi connectivity index (χ0) is 18.8. The third-order valence-electron chi connectivity index (χ3n) is 4.58. The van der Waals surface area contributed by atoms with Gasteiger partial charge in [0.2, 0.25) is 0 Å². The summed E-state index contributed by atoms with van der Waals surface area (Å²) in [6.45, 7) is 0. The van der Waals surface area contributed by atoms with Crippen LogP contribution in [0, 0.1) is 0 Å². The summed E-state index contributed by atoms with van der Waals surface area (Å²) in [5.41, 5.74) is 2.95. The minimum absolute atomic E-state index is 0.158. The molecular formula is C22H17ClN2O2. The maximum absolute atomic E-state index is 13.1. The number of nitrogens with zero attached hydrogens (tertiary/aromatic N) is 2. The fraction of sp³-hybridized carbons (Fsp3) is 0.0909. The van der Waals surface area contributed by atoms with Gasteiger partial charge in [-0.1, -0.05) is 60.1 Å². The van der Waals surface area contributed by atoms with Crippen molar-refractivity contribution in [2.24, 2.45) is 5.10 Å². The summed E-state index contributed by atoms with van der Waals surface area (Å²) < 4.78 is 0. The van der Waals surface area contributed by atoms with Gasteiger partial charge in [0.15, 0.2) is 0 Å². The Kier molecular flexibility index (Phi) is 4.65. The smallest absolute Gasteiger partial charge is 0.274 e. The van der Waals surface area contributed by atoms with Gasteiger partial charge in [-0.3, -0.25) is 4.79 Å². The largest absolute Gasteiger partial charge is 0.508 e. The zero-order valence-corrected chi connectivity index (χ0v) is 15.2. The van der Waals surface area contributed by atoms with Gasteiger partial charge in [-0.15, -0.1) is 0 Å². The Morgan fingerprint density at radius 1 is 1.00 bits per heavy atom. The minimum Gasteiger partial charge on any atom is -0.508 e. The number of phenolic OH excluding ortho intramolecular Hbond substituents is 1. The van der Waals surface area contributed by atoms with E-state index in [1.165, 1.54) is 5.01 Å². The van der Waals surface area contributed by atoms with Crippen molar-refractivity contribution >= 4 is 23.2 Å². The van der Waals surface area contributed by atoms with Crippen molar-refractivity contribution in [3.05, 3.63) is 101 Å². The van der Waals surface area contributed by atoms with Gasteiger partial charge in [-0.25, -0.2) is 5.01 Å². The monoisotopic (exact) mass is 376 g/mol. The Balaban J connectivity index is 1.77. The van der Waals surface area contributed by atoms with E-state index in [1.807, 2.05) is 48.5 Å². The molecule has 4 nitrogen and oxygen atoms in total. The highest BCUT2D eigenvalue weighted by Gasteiger charge is 2.34. The SMILES string of the molecule is O=C(c1ccccc1)N1N=C(c2ccccc2Cl)CC1c1cccc(O)c1. The number of rotatable bonds is 3. The number of aromatic hydroxyl groups is 1. The number of benzene rings is 3. The van der Waals surface area contributed by atoms with E-state index >= 15 is 0 Å². The molecule has 0 radical (unpaired) electrons. The summed E-state index contributed by atoms with van der Waals surface area (Å²) in [5, 5.41) is 16.6. The molecule has 1 N–H and O–H groups in total. The highest BCUT2D eigenvalue weighted by molar-refractivity contribution is 6.34. The fourth-order valence-corrected chi connectivity index (χ4v) is 3.51. The Bertz CT molecular complexity index is 1020. The fourth-order valence-electron chi connectivity index (χ4n) is 3.26. The summed E-state index contributed by atoms with van der Waals surface area (Å²) in [6, 6.07) is 23.1. The van der Waals surface area contributed by atoms with Gasteiger partial charge in [0.1, 0.15) is 5.75 Å². The van der Waals surface area contributed by atoms with E-state index in [0.29, 0.717) is 17.0 Å². The van der Waals surface area contributed by atoms with Crippen LogP contribution < -0.4 is 0 Å². The number of hydrogen-bond donors (Lipinski definition) is 1. The molecule has 5 heteroatoms. The highest BCUT2D eigenvalue weighted by Crippen LogP contribution is 2.36. The second-order valence-corrected chi connectivity index (χ2v) is 6.76. The van der Waals surface area contributed by atoms with Gasteiger partial charge < -0.3 is 5.11 Å². The third kappa shape index (κ3) is 3.44. The molecule has 1 aliphatic heterocycles. The average molecular weight is 377 g/mol. The minimum atomic E-state index is -0.309. The Morgan fingerprint density at radius 3 is 2.48 bits per heavy atom. The summed E-state index contributed by atoms with van der Waals surface area (Å²) >= 11 is 6.34. The molecule has 0 aliphatic carbocycles. The van der Waals surface area contributed by atoms with E-state index in [9.17, 15) is 9.90 Å². The molecule has 1 aliphatic rings. The maximum atomic E-state index is 13.1. The predicted molar refractivity (Wildman–Crippen MR) is 106 cm³/mol. The number of amides is 1. The Hall–Kier alpha value is -3.11. The molecule has 0 spiro atoms. The Morgan fingerprint density at radius 2 is 1.74 bits per heavy atom. The van der Waals surface area contributed by atoms with Gasteiger partial charge in [0.25, 0.3) is 5.91 Å². The second kappa shape index (κ2) is 7.25. The van der Waals surface area contributed by atoms with Crippen LogP contribution in [0.25, 0.3) is 0 Å². The molecule has 0 fully saturated rings. The lowest BCUT2D eigenvalue weighted by Gasteiger charge is -2.22. The van der Waals surface area contributed by atoms with Gasteiger partial charge >= 0.3 is 0 Å². The Labute approximate surface area is 162 Å². The zero-order valence-electron chi connectivity index (χ0n) is 14.4. The van der Waals surface area contributed by atoms with Gasteiger partial charge in [-0.2, -0.15) is 5.10 Å². The number of hydrazone groups is 1. The first kappa shape index (κ1) is 17.3. The number of halogens is 1. The molecule has 0 aromatic heterocycles. The summed E-state index contributed by atoms with van der Waals surface area (Å²) in [7, 11) is 0. The lowest BCUT2D eigenvalue weighted by Crippen LogP contribution is -2.27. The van der Waals surface area contributed by atoms with Crippen molar-refractivity contribution in [1.82, 2.24) is 5.01 Å². The van der Waals surface area contributed by atoms with Crippen molar-refractivity contribution in [3.63, 3.8) is 0 Å². The van der Waals surface area contributed by atoms with Crippen LogP contribution in [0.4, 0.5) is 0 Å². The van der Waals surface area contributed by atoms with Crippen molar-refractivity contribution in [2.75, 3.05) is 0 Å². The van der Waals surface area contributed by atoms with E-state index < -0.39 is 0 Å². The second-order valence-electron chi connectivity index (χ2n) is 6.36. The molecule has 1 amide bonds. The highest BCUT2D eigenvalue weighted by atomic mass is 35.5. The first-order valence-corrected chi connectivity index (χ1v) is 9.01. The standard InChI is InChI=1S/C22H17ClN2O2/c23-19-12-5-4-11-18(19)20-14-21(16-9-6-10-17(26)13-16)25(24-20)22(27)15-7-2-1-3-8-15/h1-13,21,26H,14H2. The first-order valence-electron chi connectivity index (χ1n) is 8.63. The molecule has 1 heterocycles.